The molecular weight excluding hydrogens is 264 g/mol. The van der Waals surface area contributed by atoms with Gasteiger partial charge in [0.05, 0.1) is 19.8 Å². The molecule has 0 unspecified atom stereocenters. The minimum absolute atomic E-state index is 0.119. The Hall–Kier alpha value is -1.10. The molecule has 2 aliphatic rings. The molecule has 1 saturated heterocycles. The van der Waals surface area contributed by atoms with E-state index in [2.05, 4.69) is 34.1 Å². The Bertz CT molecular complexity index is 452. The molecule has 1 atom stereocenters. The molecule has 1 N–H and O–H groups in total. The van der Waals surface area contributed by atoms with Crippen molar-refractivity contribution in [3.05, 3.63) is 29.8 Å². The van der Waals surface area contributed by atoms with Crippen LogP contribution in [-0.4, -0.2) is 62.0 Å². The molecule has 0 aliphatic carbocycles. The third-order valence-electron chi connectivity index (χ3n) is 4.67. The predicted molar refractivity (Wildman–Crippen MR) is 84.9 cm³/mol. The van der Waals surface area contributed by atoms with Gasteiger partial charge in [0, 0.05) is 31.4 Å². The average molecular weight is 290 g/mol. The van der Waals surface area contributed by atoms with Gasteiger partial charge in [-0.15, -0.1) is 0 Å². The maximum Gasteiger partial charge on any atom is 0.0698 e. The Morgan fingerprint density at radius 1 is 1.19 bits per heavy atom. The highest BCUT2D eigenvalue weighted by Crippen LogP contribution is 2.29. The summed E-state index contributed by atoms with van der Waals surface area (Å²) in [4.78, 5) is 5.10. The molecular formula is C17H26N2O2. The molecule has 1 fully saturated rings. The monoisotopic (exact) mass is 290 g/mol. The van der Waals surface area contributed by atoms with Crippen molar-refractivity contribution in [1.29, 1.82) is 0 Å². The Labute approximate surface area is 127 Å². The first-order valence-corrected chi connectivity index (χ1v) is 8.14. The van der Waals surface area contributed by atoms with Gasteiger partial charge in [0.15, 0.2) is 0 Å². The molecule has 21 heavy (non-hydrogen) atoms. The van der Waals surface area contributed by atoms with Crippen LogP contribution in [-0.2, 0) is 11.2 Å². The largest absolute Gasteiger partial charge is 0.394 e. The van der Waals surface area contributed by atoms with E-state index < -0.39 is 0 Å². The van der Waals surface area contributed by atoms with Gasteiger partial charge in [0.1, 0.15) is 0 Å². The van der Waals surface area contributed by atoms with Crippen molar-refractivity contribution in [3.8, 4) is 0 Å². The van der Waals surface area contributed by atoms with Gasteiger partial charge in [-0.05, 0) is 37.4 Å². The van der Waals surface area contributed by atoms with Crippen LogP contribution in [0.15, 0.2) is 24.3 Å². The van der Waals surface area contributed by atoms with Gasteiger partial charge in [-0.25, -0.2) is 0 Å². The van der Waals surface area contributed by atoms with Crippen LogP contribution in [0.4, 0.5) is 5.69 Å². The summed E-state index contributed by atoms with van der Waals surface area (Å²) >= 11 is 0. The predicted octanol–water partition coefficient (Wildman–Crippen LogP) is 1.52. The Kier molecular flexibility index (Phi) is 5.12. The van der Waals surface area contributed by atoms with E-state index in [1.807, 2.05) is 0 Å². The van der Waals surface area contributed by atoms with E-state index in [1.54, 1.807) is 0 Å². The van der Waals surface area contributed by atoms with Gasteiger partial charge >= 0.3 is 0 Å². The summed E-state index contributed by atoms with van der Waals surface area (Å²) < 4.78 is 5.41. The van der Waals surface area contributed by atoms with E-state index in [4.69, 9.17) is 9.84 Å². The normalized spacial score (nSPS) is 22.0. The molecule has 2 aliphatic heterocycles. The second-order valence-electron chi connectivity index (χ2n) is 5.99. The number of ether oxygens (including phenoxy) is 1. The maximum absolute atomic E-state index is 8.75. The first-order chi connectivity index (χ1) is 10.4. The van der Waals surface area contributed by atoms with Crippen LogP contribution in [0, 0.1) is 0 Å². The Morgan fingerprint density at radius 2 is 2.10 bits per heavy atom. The van der Waals surface area contributed by atoms with E-state index >= 15 is 0 Å². The van der Waals surface area contributed by atoms with E-state index in [1.165, 1.54) is 37.1 Å². The summed E-state index contributed by atoms with van der Waals surface area (Å²) in [6, 6.07) is 9.44. The molecule has 1 aromatic rings. The van der Waals surface area contributed by atoms with Crippen LogP contribution >= 0.6 is 0 Å². The van der Waals surface area contributed by atoms with Gasteiger partial charge in [0.25, 0.3) is 0 Å². The number of likely N-dealkylation sites (tertiary alicyclic amines) is 1. The molecule has 3 rings (SSSR count). The van der Waals surface area contributed by atoms with Gasteiger partial charge < -0.3 is 14.7 Å². The number of benzene rings is 1. The van der Waals surface area contributed by atoms with Crippen molar-refractivity contribution in [3.63, 3.8) is 0 Å². The number of anilines is 1. The summed E-state index contributed by atoms with van der Waals surface area (Å²) in [5.41, 5.74) is 2.93. The quantitative estimate of drug-likeness (QED) is 0.773. The fourth-order valence-electron chi connectivity index (χ4n) is 3.60. The fraction of sp³-hybridized carbons (Fsp3) is 0.647. The van der Waals surface area contributed by atoms with E-state index in [0.29, 0.717) is 12.6 Å². The molecule has 4 heteroatoms. The number of aliphatic hydroxyl groups excluding tert-OH is 1. The van der Waals surface area contributed by atoms with Gasteiger partial charge in [-0.3, -0.25) is 4.90 Å². The van der Waals surface area contributed by atoms with Crippen LogP contribution in [0.5, 0.6) is 0 Å². The molecule has 0 aromatic heterocycles. The lowest BCUT2D eigenvalue weighted by Crippen LogP contribution is -2.41. The van der Waals surface area contributed by atoms with Crippen LogP contribution in [0.25, 0.3) is 0 Å². The molecule has 2 heterocycles. The van der Waals surface area contributed by atoms with Crippen molar-refractivity contribution in [1.82, 2.24) is 4.90 Å². The number of para-hydroxylation sites is 1. The van der Waals surface area contributed by atoms with Gasteiger partial charge in [-0.2, -0.15) is 0 Å². The number of hydrogen-bond donors (Lipinski definition) is 1. The molecule has 0 saturated carbocycles. The SMILES string of the molecule is OCCOCCN1CCC[C@H]1CN1CCc2ccccc21. The zero-order chi connectivity index (χ0) is 14.5. The van der Waals surface area contributed by atoms with Crippen molar-refractivity contribution in [2.75, 3.05) is 50.9 Å². The summed E-state index contributed by atoms with van der Waals surface area (Å²) in [5.74, 6) is 0. The van der Waals surface area contributed by atoms with Crippen molar-refractivity contribution in [2.24, 2.45) is 0 Å². The molecule has 0 amide bonds. The lowest BCUT2D eigenvalue weighted by atomic mass is 10.1. The van der Waals surface area contributed by atoms with E-state index in [-0.39, 0.29) is 6.61 Å². The van der Waals surface area contributed by atoms with Crippen LogP contribution in [0.3, 0.4) is 0 Å². The van der Waals surface area contributed by atoms with E-state index in [0.717, 1.165) is 26.2 Å². The highest BCUT2D eigenvalue weighted by molar-refractivity contribution is 5.57. The minimum Gasteiger partial charge on any atom is -0.394 e. The number of hydrogen-bond acceptors (Lipinski definition) is 4. The Morgan fingerprint density at radius 3 is 3.00 bits per heavy atom. The fourth-order valence-corrected chi connectivity index (χ4v) is 3.60. The smallest absolute Gasteiger partial charge is 0.0698 e. The minimum atomic E-state index is 0.119. The first-order valence-electron chi connectivity index (χ1n) is 8.14. The van der Waals surface area contributed by atoms with Crippen molar-refractivity contribution < 1.29 is 9.84 Å². The molecule has 0 bridgehead atoms. The third kappa shape index (κ3) is 3.57. The highest BCUT2D eigenvalue weighted by Gasteiger charge is 2.28. The molecule has 4 nitrogen and oxygen atoms in total. The second-order valence-corrected chi connectivity index (χ2v) is 5.99. The third-order valence-corrected chi connectivity index (χ3v) is 4.67. The average Bonchev–Trinajstić information content (AvgIpc) is 3.12. The summed E-state index contributed by atoms with van der Waals surface area (Å²) in [6.07, 6.45) is 3.77. The first kappa shape index (κ1) is 14.8. The number of rotatable bonds is 7. The highest BCUT2D eigenvalue weighted by atomic mass is 16.5. The summed E-state index contributed by atoms with van der Waals surface area (Å²) in [5, 5.41) is 8.75. The van der Waals surface area contributed by atoms with E-state index in [9.17, 15) is 0 Å². The van der Waals surface area contributed by atoms with Crippen LogP contribution in [0.2, 0.25) is 0 Å². The van der Waals surface area contributed by atoms with Crippen LogP contribution < -0.4 is 4.90 Å². The molecule has 0 radical (unpaired) electrons. The lowest BCUT2D eigenvalue weighted by molar-refractivity contribution is 0.0715. The summed E-state index contributed by atoms with van der Waals surface area (Å²) in [6.45, 7) is 5.77. The number of fused-ring (bicyclic) bond motifs is 1. The molecule has 0 spiro atoms. The Balaban J connectivity index is 1.52. The number of aliphatic hydroxyl groups is 1. The van der Waals surface area contributed by atoms with Gasteiger partial charge in [0.2, 0.25) is 0 Å². The standard InChI is InChI=1S/C17H26N2O2/c20-11-13-21-12-10-18-8-3-5-16(18)14-19-9-7-15-4-1-2-6-17(15)19/h1-2,4,6,16,20H,3,5,7-14H2/t16-/m0/s1. The van der Waals surface area contributed by atoms with Gasteiger partial charge in [-0.1, -0.05) is 18.2 Å². The zero-order valence-corrected chi connectivity index (χ0v) is 12.7. The van der Waals surface area contributed by atoms with Crippen molar-refractivity contribution >= 4 is 5.69 Å². The number of nitrogens with zero attached hydrogens (tertiary/aromatic N) is 2. The van der Waals surface area contributed by atoms with Crippen LogP contribution in [0.1, 0.15) is 18.4 Å². The maximum atomic E-state index is 8.75. The summed E-state index contributed by atoms with van der Waals surface area (Å²) in [7, 11) is 0. The molecule has 116 valence electrons. The van der Waals surface area contributed by atoms with Crippen molar-refractivity contribution in [2.45, 2.75) is 25.3 Å². The lowest BCUT2D eigenvalue weighted by Gasteiger charge is -2.30. The zero-order valence-electron chi connectivity index (χ0n) is 12.7. The topological polar surface area (TPSA) is 35.9 Å². The second kappa shape index (κ2) is 7.25. The molecule has 1 aromatic carbocycles.